The zero-order valence-electron chi connectivity index (χ0n) is 10.1. The minimum atomic E-state index is -3.90. The van der Waals surface area contributed by atoms with E-state index in [0.717, 1.165) is 6.07 Å². The van der Waals surface area contributed by atoms with Gasteiger partial charge in [-0.25, -0.2) is 17.5 Å². The molecule has 0 aliphatic rings. The van der Waals surface area contributed by atoms with Gasteiger partial charge in [-0.2, -0.15) is 0 Å². The van der Waals surface area contributed by atoms with E-state index in [4.69, 9.17) is 10.8 Å². The average molecular weight is 276 g/mol. The number of rotatable bonds is 6. The second-order valence-corrected chi connectivity index (χ2v) is 5.71. The Bertz CT molecular complexity index is 517. The van der Waals surface area contributed by atoms with Crippen molar-refractivity contribution in [1.82, 2.24) is 4.72 Å². The minimum absolute atomic E-state index is 0.00647. The number of sulfonamides is 1. The van der Waals surface area contributed by atoms with E-state index in [9.17, 15) is 12.8 Å². The van der Waals surface area contributed by atoms with Crippen molar-refractivity contribution in [3.05, 3.63) is 23.5 Å². The monoisotopic (exact) mass is 276 g/mol. The first-order valence-corrected chi connectivity index (χ1v) is 7.03. The van der Waals surface area contributed by atoms with Crippen molar-refractivity contribution >= 4 is 15.7 Å². The van der Waals surface area contributed by atoms with Gasteiger partial charge < -0.3 is 10.8 Å². The maximum Gasteiger partial charge on any atom is 0.243 e. The molecule has 0 aliphatic carbocycles. The predicted molar refractivity (Wildman–Crippen MR) is 67.1 cm³/mol. The third kappa shape index (κ3) is 3.66. The number of nitrogens with two attached hydrogens (primary N) is 1. The Labute approximate surface area is 106 Å². The molecule has 0 amide bonds. The first-order chi connectivity index (χ1) is 8.38. The van der Waals surface area contributed by atoms with Crippen LogP contribution < -0.4 is 10.5 Å². The SMILES string of the molecule is Cc1cc(N)cc(S(=O)(=O)NCCCCO)c1F. The molecule has 7 heteroatoms. The van der Waals surface area contributed by atoms with E-state index in [1.165, 1.54) is 13.0 Å². The molecule has 4 N–H and O–H groups in total. The Balaban J connectivity index is 2.91. The van der Waals surface area contributed by atoms with Gasteiger partial charge in [0, 0.05) is 18.8 Å². The zero-order valence-corrected chi connectivity index (χ0v) is 10.9. The number of nitrogen functional groups attached to an aromatic ring is 1. The Kier molecular flexibility index (Phi) is 5.06. The molecule has 18 heavy (non-hydrogen) atoms. The van der Waals surface area contributed by atoms with Crippen LogP contribution in [0.3, 0.4) is 0 Å². The molecule has 0 aromatic heterocycles. The van der Waals surface area contributed by atoms with Gasteiger partial charge in [0.15, 0.2) is 0 Å². The molecule has 0 spiro atoms. The van der Waals surface area contributed by atoms with Crippen LogP contribution in [0.15, 0.2) is 17.0 Å². The third-order valence-electron chi connectivity index (χ3n) is 2.41. The van der Waals surface area contributed by atoms with Crippen molar-refractivity contribution in [2.45, 2.75) is 24.7 Å². The molecule has 0 aliphatic heterocycles. The maximum absolute atomic E-state index is 13.7. The van der Waals surface area contributed by atoms with Crippen molar-refractivity contribution in [3.8, 4) is 0 Å². The van der Waals surface area contributed by atoms with Crippen molar-refractivity contribution in [3.63, 3.8) is 0 Å². The Morgan fingerprint density at radius 3 is 2.67 bits per heavy atom. The van der Waals surface area contributed by atoms with E-state index in [-0.39, 0.29) is 24.4 Å². The number of aliphatic hydroxyl groups is 1. The molecule has 0 heterocycles. The number of hydrogen-bond acceptors (Lipinski definition) is 4. The summed E-state index contributed by atoms with van der Waals surface area (Å²) in [6.45, 7) is 1.60. The molecule has 0 bridgehead atoms. The van der Waals surface area contributed by atoms with E-state index in [1.54, 1.807) is 0 Å². The average Bonchev–Trinajstić information content (AvgIpc) is 2.29. The van der Waals surface area contributed by atoms with Crippen LogP contribution in [0.5, 0.6) is 0 Å². The van der Waals surface area contributed by atoms with Crippen LogP contribution in [-0.4, -0.2) is 26.7 Å². The van der Waals surface area contributed by atoms with Gasteiger partial charge in [-0.05, 0) is 37.5 Å². The van der Waals surface area contributed by atoms with Crippen molar-refractivity contribution in [2.75, 3.05) is 18.9 Å². The molecule has 5 nitrogen and oxygen atoms in total. The number of anilines is 1. The molecule has 1 aromatic carbocycles. The third-order valence-corrected chi connectivity index (χ3v) is 3.87. The van der Waals surface area contributed by atoms with Gasteiger partial charge in [-0.3, -0.25) is 0 Å². The highest BCUT2D eigenvalue weighted by Crippen LogP contribution is 2.21. The number of halogens is 1. The van der Waals surface area contributed by atoms with Crippen LogP contribution >= 0.6 is 0 Å². The predicted octanol–water partition coefficient (Wildman–Crippen LogP) is 0.767. The number of nitrogens with one attached hydrogen (secondary N) is 1. The molecule has 0 atom stereocenters. The smallest absolute Gasteiger partial charge is 0.243 e. The molecule has 0 radical (unpaired) electrons. The van der Waals surface area contributed by atoms with E-state index in [2.05, 4.69) is 4.72 Å². The van der Waals surface area contributed by atoms with Crippen LogP contribution in [0, 0.1) is 12.7 Å². The Morgan fingerprint density at radius 2 is 2.06 bits per heavy atom. The van der Waals surface area contributed by atoms with Crippen molar-refractivity contribution < 1.29 is 17.9 Å². The molecular weight excluding hydrogens is 259 g/mol. The fourth-order valence-corrected chi connectivity index (χ4v) is 2.74. The van der Waals surface area contributed by atoms with Gasteiger partial charge in [-0.15, -0.1) is 0 Å². The minimum Gasteiger partial charge on any atom is -0.399 e. The summed E-state index contributed by atoms with van der Waals surface area (Å²) in [5.41, 5.74) is 5.89. The van der Waals surface area contributed by atoms with Gasteiger partial charge in [0.2, 0.25) is 10.0 Å². The largest absolute Gasteiger partial charge is 0.399 e. The zero-order chi connectivity index (χ0) is 13.8. The van der Waals surface area contributed by atoms with E-state index in [1.807, 2.05) is 0 Å². The van der Waals surface area contributed by atoms with Crippen LogP contribution in [0.25, 0.3) is 0 Å². The number of unbranched alkanes of at least 4 members (excludes halogenated alkanes) is 1. The summed E-state index contributed by atoms with van der Waals surface area (Å²) in [5.74, 6) is -0.793. The topological polar surface area (TPSA) is 92.4 Å². The Morgan fingerprint density at radius 1 is 1.39 bits per heavy atom. The molecule has 0 fully saturated rings. The summed E-state index contributed by atoms with van der Waals surface area (Å²) in [6, 6.07) is 2.47. The number of aliphatic hydroxyl groups excluding tert-OH is 1. The number of hydrogen-bond donors (Lipinski definition) is 3. The summed E-state index contributed by atoms with van der Waals surface area (Å²) >= 11 is 0. The summed E-state index contributed by atoms with van der Waals surface area (Å²) < 4.78 is 39.7. The lowest BCUT2D eigenvalue weighted by atomic mass is 10.2. The van der Waals surface area contributed by atoms with Crippen molar-refractivity contribution in [2.24, 2.45) is 0 Å². The lowest BCUT2D eigenvalue weighted by Crippen LogP contribution is -2.26. The van der Waals surface area contributed by atoms with E-state index in [0.29, 0.717) is 12.8 Å². The lowest BCUT2D eigenvalue weighted by molar-refractivity contribution is 0.285. The molecule has 0 unspecified atom stereocenters. The molecule has 1 rings (SSSR count). The van der Waals surface area contributed by atoms with Gasteiger partial charge in [0.1, 0.15) is 10.7 Å². The van der Waals surface area contributed by atoms with Crippen LogP contribution in [0.1, 0.15) is 18.4 Å². The molecule has 102 valence electrons. The highest BCUT2D eigenvalue weighted by Gasteiger charge is 2.20. The fraction of sp³-hybridized carbons (Fsp3) is 0.455. The van der Waals surface area contributed by atoms with Crippen LogP contribution in [-0.2, 0) is 10.0 Å². The number of aryl methyl sites for hydroxylation is 1. The van der Waals surface area contributed by atoms with E-state index >= 15 is 0 Å². The summed E-state index contributed by atoms with van der Waals surface area (Å²) in [6.07, 6.45) is 0.972. The van der Waals surface area contributed by atoms with Gasteiger partial charge >= 0.3 is 0 Å². The van der Waals surface area contributed by atoms with Crippen LogP contribution in [0.2, 0.25) is 0 Å². The van der Waals surface area contributed by atoms with Gasteiger partial charge in [0.05, 0.1) is 0 Å². The lowest BCUT2D eigenvalue weighted by Gasteiger charge is -2.09. The number of benzene rings is 1. The summed E-state index contributed by atoms with van der Waals surface area (Å²) in [5, 5.41) is 8.58. The molecule has 1 aromatic rings. The fourth-order valence-electron chi connectivity index (χ4n) is 1.48. The molecule has 0 saturated heterocycles. The summed E-state index contributed by atoms with van der Waals surface area (Å²) in [4.78, 5) is -0.441. The molecule has 0 saturated carbocycles. The van der Waals surface area contributed by atoms with Crippen LogP contribution in [0.4, 0.5) is 10.1 Å². The summed E-state index contributed by atoms with van der Waals surface area (Å²) in [7, 11) is -3.90. The normalized spacial score (nSPS) is 11.7. The first kappa shape index (κ1) is 14.9. The first-order valence-electron chi connectivity index (χ1n) is 5.54. The van der Waals surface area contributed by atoms with E-state index < -0.39 is 20.7 Å². The quantitative estimate of drug-likeness (QED) is 0.528. The second kappa shape index (κ2) is 6.12. The highest BCUT2D eigenvalue weighted by molar-refractivity contribution is 7.89. The highest BCUT2D eigenvalue weighted by atomic mass is 32.2. The Hall–Kier alpha value is -1.18. The standard InChI is InChI=1S/C11H17FN2O3S/c1-8-6-9(13)7-10(11(8)12)18(16,17)14-4-2-3-5-15/h6-7,14-15H,2-5,13H2,1H3. The maximum atomic E-state index is 13.7. The van der Waals surface area contributed by atoms with Gasteiger partial charge in [0.25, 0.3) is 0 Å². The van der Waals surface area contributed by atoms with Gasteiger partial charge in [-0.1, -0.05) is 0 Å². The van der Waals surface area contributed by atoms with Crippen molar-refractivity contribution in [1.29, 1.82) is 0 Å². The molecular formula is C11H17FN2O3S. The second-order valence-electron chi connectivity index (χ2n) is 3.98.